The van der Waals surface area contributed by atoms with Crippen LogP contribution >= 0.6 is 34.2 Å². The van der Waals surface area contributed by atoms with E-state index in [1.54, 1.807) is 0 Å². The monoisotopic (exact) mass is 389 g/mol. The molecule has 5 heteroatoms. The maximum atomic E-state index is 6.19. The lowest BCUT2D eigenvalue weighted by molar-refractivity contribution is 0.536. The lowest BCUT2D eigenvalue weighted by Crippen LogP contribution is -2.18. The number of hydrogen-bond acceptors (Lipinski definition) is 2. The van der Waals surface area contributed by atoms with Gasteiger partial charge in [0, 0.05) is 35.5 Å². The summed E-state index contributed by atoms with van der Waals surface area (Å²) in [6, 6.07) is 6.53. The van der Waals surface area contributed by atoms with Gasteiger partial charge >= 0.3 is 0 Å². The molecule has 0 aliphatic rings. The van der Waals surface area contributed by atoms with Crippen molar-refractivity contribution in [1.29, 1.82) is 0 Å². The normalized spacial score (nSPS) is 12.6. The molecule has 1 aromatic carbocycles. The third kappa shape index (κ3) is 3.70. The molecule has 3 nitrogen and oxygen atoms in total. The first kappa shape index (κ1) is 14.8. The summed E-state index contributed by atoms with van der Waals surface area (Å²) in [7, 11) is 4.01. The molecule has 0 fully saturated rings. The number of imidazole rings is 1. The minimum absolute atomic E-state index is 0.297. The number of halogens is 2. The minimum Gasteiger partial charge on any atom is -0.338 e. The van der Waals surface area contributed by atoms with E-state index in [-0.39, 0.29) is 0 Å². The molecule has 0 spiro atoms. The second-order valence-corrected chi connectivity index (χ2v) is 6.08. The number of aromatic nitrogens is 2. The fourth-order valence-corrected chi connectivity index (χ4v) is 2.64. The van der Waals surface area contributed by atoms with Gasteiger partial charge in [-0.05, 0) is 53.8 Å². The van der Waals surface area contributed by atoms with Crippen LogP contribution in [-0.2, 0) is 13.5 Å². The molecule has 0 saturated heterocycles. The lowest BCUT2D eigenvalue weighted by atomic mass is 10.0. The van der Waals surface area contributed by atoms with E-state index in [0.717, 1.165) is 27.3 Å². The molecule has 0 aliphatic heterocycles. The van der Waals surface area contributed by atoms with Gasteiger partial charge in [-0.3, -0.25) is 0 Å². The second kappa shape index (κ2) is 6.72. The van der Waals surface area contributed by atoms with Gasteiger partial charge < -0.3 is 9.88 Å². The Hall–Kier alpha value is -0.590. The average Bonchev–Trinajstić information content (AvgIpc) is 2.80. The molecular weight excluding hydrogens is 373 g/mol. The van der Waals surface area contributed by atoms with E-state index in [4.69, 9.17) is 11.6 Å². The van der Waals surface area contributed by atoms with E-state index < -0.39 is 0 Å². The molecule has 1 atom stereocenters. The topological polar surface area (TPSA) is 29.9 Å². The summed E-state index contributed by atoms with van der Waals surface area (Å²) in [5, 5.41) is 4.16. The van der Waals surface area contributed by atoms with Crippen LogP contribution in [0.1, 0.15) is 23.9 Å². The Morgan fingerprint density at radius 2 is 2.26 bits per heavy atom. The van der Waals surface area contributed by atoms with Crippen molar-refractivity contribution in [2.75, 3.05) is 7.05 Å². The van der Waals surface area contributed by atoms with Crippen molar-refractivity contribution in [1.82, 2.24) is 14.9 Å². The van der Waals surface area contributed by atoms with Crippen molar-refractivity contribution in [3.63, 3.8) is 0 Å². The Labute approximate surface area is 132 Å². The van der Waals surface area contributed by atoms with E-state index in [0.29, 0.717) is 6.04 Å². The van der Waals surface area contributed by atoms with Crippen LogP contribution in [-0.4, -0.2) is 16.6 Å². The molecule has 0 amide bonds. The van der Waals surface area contributed by atoms with Gasteiger partial charge in [-0.25, -0.2) is 4.98 Å². The first-order valence-corrected chi connectivity index (χ1v) is 7.66. The van der Waals surface area contributed by atoms with E-state index in [2.05, 4.69) is 49.6 Å². The predicted molar refractivity (Wildman–Crippen MR) is 87.5 cm³/mol. The summed E-state index contributed by atoms with van der Waals surface area (Å²) < 4.78 is 3.15. The highest BCUT2D eigenvalue weighted by molar-refractivity contribution is 14.1. The minimum atomic E-state index is 0.297. The first-order chi connectivity index (χ1) is 9.11. The quantitative estimate of drug-likeness (QED) is 0.792. The molecule has 102 valence electrons. The Morgan fingerprint density at radius 1 is 1.47 bits per heavy atom. The summed E-state index contributed by atoms with van der Waals surface area (Å²) >= 11 is 8.43. The number of aryl methyl sites for hydroxylation is 2. The highest BCUT2D eigenvalue weighted by atomic mass is 127. The summed E-state index contributed by atoms with van der Waals surface area (Å²) in [5.74, 6) is 1.11. The lowest BCUT2D eigenvalue weighted by Gasteiger charge is -2.17. The zero-order valence-electron chi connectivity index (χ0n) is 11.0. The third-order valence-corrected chi connectivity index (χ3v) is 4.84. The van der Waals surface area contributed by atoms with Crippen molar-refractivity contribution in [3.05, 3.63) is 50.6 Å². The Bertz CT molecular complexity index is 553. The van der Waals surface area contributed by atoms with Gasteiger partial charge in [0.25, 0.3) is 0 Å². The fourth-order valence-electron chi connectivity index (χ4n) is 2.12. The molecule has 0 bridgehead atoms. The van der Waals surface area contributed by atoms with Gasteiger partial charge in [-0.15, -0.1) is 0 Å². The van der Waals surface area contributed by atoms with Crippen LogP contribution in [0.15, 0.2) is 30.6 Å². The summed E-state index contributed by atoms with van der Waals surface area (Å²) in [6.45, 7) is 0. The van der Waals surface area contributed by atoms with Crippen LogP contribution in [0.25, 0.3) is 0 Å². The molecule has 0 aliphatic carbocycles. The van der Waals surface area contributed by atoms with Crippen molar-refractivity contribution in [3.8, 4) is 0 Å². The van der Waals surface area contributed by atoms with E-state index in [1.807, 2.05) is 32.6 Å². The molecule has 19 heavy (non-hydrogen) atoms. The van der Waals surface area contributed by atoms with Crippen LogP contribution in [0.5, 0.6) is 0 Å². The fraction of sp³-hybridized carbons (Fsp3) is 0.357. The number of rotatable bonds is 5. The van der Waals surface area contributed by atoms with Crippen molar-refractivity contribution in [2.45, 2.75) is 18.9 Å². The van der Waals surface area contributed by atoms with Gasteiger partial charge in [0.05, 0.1) is 5.02 Å². The molecule has 1 heterocycles. The predicted octanol–water partition coefficient (Wildman–Crippen LogP) is 3.57. The van der Waals surface area contributed by atoms with Crippen molar-refractivity contribution < 1.29 is 0 Å². The smallest absolute Gasteiger partial charge is 0.108 e. The zero-order valence-corrected chi connectivity index (χ0v) is 13.9. The van der Waals surface area contributed by atoms with Crippen LogP contribution < -0.4 is 5.32 Å². The van der Waals surface area contributed by atoms with E-state index in [1.165, 1.54) is 5.56 Å². The number of nitrogens with one attached hydrogen (secondary N) is 1. The summed E-state index contributed by atoms with van der Waals surface area (Å²) in [5.41, 5.74) is 1.22. The zero-order chi connectivity index (χ0) is 13.8. The van der Waals surface area contributed by atoms with Crippen LogP contribution in [0, 0.1) is 3.57 Å². The van der Waals surface area contributed by atoms with E-state index >= 15 is 0 Å². The summed E-state index contributed by atoms with van der Waals surface area (Å²) in [4.78, 5) is 4.36. The second-order valence-electron chi connectivity index (χ2n) is 4.51. The average molecular weight is 390 g/mol. The molecule has 1 aromatic heterocycles. The first-order valence-electron chi connectivity index (χ1n) is 6.20. The SMILES string of the molecule is CNC(CCc1nccn1C)c1ccc(I)c(Cl)c1. The van der Waals surface area contributed by atoms with Gasteiger partial charge in [0.2, 0.25) is 0 Å². The molecule has 2 rings (SSSR count). The maximum absolute atomic E-state index is 6.19. The number of hydrogen-bond donors (Lipinski definition) is 1. The van der Waals surface area contributed by atoms with Gasteiger partial charge in [0.1, 0.15) is 5.82 Å². The summed E-state index contributed by atoms with van der Waals surface area (Å²) in [6.07, 6.45) is 5.76. The van der Waals surface area contributed by atoms with Crippen LogP contribution in [0.4, 0.5) is 0 Å². The number of nitrogens with zero attached hydrogens (tertiary/aromatic N) is 2. The van der Waals surface area contributed by atoms with Gasteiger partial charge in [-0.1, -0.05) is 17.7 Å². The molecule has 2 aromatic rings. The third-order valence-electron chi connectivity index (χ3n) is 3.27. The molecule has 0 radical (unpaired) electrons. The van der Waals surface area contributed by atoms with E-state index in [9.17, 15) is 0 Å². The van der Waals surface area contributed by atoms with Crippen molar-refractivity contribution in [2.24, 2.45) is 7.05 Å². The van der Waals surface area contributed by atoms with Crippen LogP contribution in [0.2, 0.25) is 5.02 Å². The Kier molecular flexibility index (Phi) is 5.24. The standard InChI is InChI=1S/C14H17ClIN3/c1-17-13(5-6-14-18-7-8-19(14)2)10-3-4-12(16)11(15)9-10/h3-4,7-9,13,17H,5-6H2,1-2H3. The van der Waals surface area contributed by atoms with Gasteiger partial charge in [0.15, 0.2) is 0 Å². The maximum Gasteiger partial charge on any atom is 0.108 e. The molecule has 0 saturated carbocycles. The Morgan fingerprint density at radius 3 is 2.84 bits per heavy atom. The molecule has 1 unspecified atom stereocenters. The number of benzene rings is 1. The highest BCUT2D eigenvalue weighted by Gasteiger charge is 2.12. The molecular formula is C14H17ClIN3. The largest absolute Gasteiger partial charge is 0.338 e. The molecule has 1 N–H and O–H groups in total. The van der Waals surface area contributed by atoms with Gasteiger partial charge in [-0.2, -0.15) is 0 Å². The van der Waals surface area contributed by atoms with Crippen molar-refractivity contribution >= 4 is 34.2 Å². The Balaban J connectivity index is 2.07. The van der Waals surface area contributed by atoms with Crippen LogP contribution in [0.3, 0.4) is 0 Å². The highest BCUT2D eigenvalue weighted by Crippen LogP contribution is 2.25.